The maximum absolute atomic E-state index is 10.8. The third-order valence-electron chi connectivity index (χ3n) is 5.46. The quantitative estimate of drug-likeness (QED) is 0.401. The summed E-state index contributed by atoms with van der Waals surface area (Å²) in [5.74, 6) is 0.733. The van der Waals surface area contributed by atoms with E-state index in [0.717, 1.165) is 48.9 Å². The maximum Gasteiger partial charge on any atom is 0.269 e. The summed E-state index contributed by atoms with van der Waals surface area (Å²) < 4.78 is 5.79. The van der Waals surface area contributed by atoms with Gasteiger partial charge in [-0.1, -0.05) is 0 Å². The van der Waals surface area contributed by atoms with Crippen LogP contribution in [0.2, 0.25) is 0 Å². The van der Waals surface area contributed by atoms with Crippen molar-refractivity contribution < 1.29 is 14.6 Å². The van der Waals surface area contributed by atoms with E-state index < -0.39 is 4.92 Å². The average Bonchev–Trinajstić information content (AvgIpc) is 2.83. The average molecular weight is 434 g/mol. The Hall–Kier alpha value is -4.14. The Labute approximate surface area is 184 Å². The predicted molar refractivity (Wildman–Crippen MR) is 121 cm³/mol. The molecular weight excluding hydrogens is 412 g/mol. The van der Waals surface area contributed by atoms with Crippen molar-refractivity contribution in [2.75, 3.05) is 36.0 Å². The van der Waals surface area contributed by atoms with E-state index in [1.54, 1.807) is 24.3 Å². The molecule has 3 aromatic carbocycles. The number of rotatable bonds is 7. The van der Waals surface area contributed by atoms with Crippen molar-refractivity contribution >= 4 is 22.7 Å². The molecule has 0 aromatic heterocycles. The number of piperazine rings is 1. The molecule has 1 saturated heterocycles. The van der Waals surface area contributed by atoms with Crippen LogP contribution in [0.15, 0.2) is 72.8 Å². The molecule has 32 heavy (non-hydrogen) atoms. The summed E-state index contributed by atoms with van der Waals surface area (Å²) in [6.07, 6.45) is 0. The number of hydrogen-bond acceptors (Lipinski definition) is 7. The molecule has 0 amide bonds. The summed E-state index contributed by atoms with van der Waals surface area (Å²) in [7, 11) is 0. The number of nitro benzene ring substituents is 2. The molecule has 1 aliphatic rings. The van der Waals surface area contributed by atoms with Crippen LogP contribution in [-0.2, 0) is 6.61 Å². The van der Waals surface area contributed by atoms with Crippen molar-refractivity contribution in [3.63, 3.8) is 0 Å². The summed E-state index contributed by atoms with van der Waals surface area (Å²) in [6.45, 7) is 3.69. The highest BCUT2D eigenvalue weighted by Gasteiger charge is 2.18. The van der Waals surface area contributed by atoms with Gasteiger partial charge >= 0.3 is 0 Å². The minimum absolute atomic E-state index is 0.0618. The van der Waals surface area contributed by atoms with E-state index in [0.29, 0.717) is 6.61 Å². The van der Waals surface area contributed by atoms with Gasteiger partial charge in [0.2, 0.25) is 0 Å². The van der Waals surface area contributed by atoms with E-state index in [1.807, 2.05) is 24.3 Å². The molecular formula is C23H22N4O5. The highest BCUT2D eigenvalue weighted by atomic mass is 16.6. The first-order valence-electron chi connectivity index (χ1n) is 10.2. The predicted octanol–water partition coefficient (Wildman–Crippen LogP) is 4.41. The monoisotopic (exact) mass is 434 g/mol. The molecule has 1 aliphatic heterocycles. The number of non-ortho nitro benzene ring substituents is 2. The van der Waals surface area contributed by atoms with Crippen LogP contribution in [0, 0.1) is 20.2 Å². The Bertz CT molecular complexity index is 1080. The van der Waals surface area contributed by atoms with Gasteiger partial charge in [0.05, 0.1) is 9.85 Å². The zero-order valence-corrected chi connectivity index (χ0v) is 17.3. The second kappa shape index (κ2) is 9.34. The van der Waals surface area contributed by atoms with Gasteiger partial charge in [0.1, 0.15) is 12.4 Å². The molecule has 9 nitrogen and oxygen atoms in total. The molecule has 0 unspecified atom stereocenters. The SMILES string of the molecule is O=[N+]([O-])c1ccc(COc2ccc(N3CCN(c4ccc([N+](=O)[O-])cc4)CC3)cc2)cc1. The fourth-order valence-corrected chi connectivity index (χ4v) is 3.64. The summed E-state index contributed by atoms with van der Waals surface area (Å²) in [5.41, 5.74) is 3.12. The van der Waals surface area contributed by atoms with Crippen LogP contribution in [0.3, 0.4) is 0 Å². The molecule has 1 fully saturated rings. The minimum atomic E-state index is -0.422. The van der Waals surface area contributed by atoms with E-state index >= 15 is 0 Å². The smallest absolute Gasteiger partial charge is 0.269 e. The van der Waals surface area contributed by atoms with Crippen LogP contribution >= 0.6 is 0 Å². The van der Waals surface area contributed by atoms with Gasteiger partial charge in [0, 0.05) is 61.8 Å². The fraction of sp³-hybridized carbons (Fsp3) is 0.217. The third-order valence-corrected chi connectivity index (χ3v) is 5.46. The van der Waals surface area contributed by atoms with E-state index in [9.17, 15) is 20.2 Å². The highest BCUT2D eigenvalue weighted by molar-refractivity contribution is 5.54. The first-order chi connectivity index (χ1) is 15.5. The lowest BCUT2D eigenvalue weighted by Crippen LogP contribution is -2.46. The molecule has 164 valence electrons. The second-order valence-corrected chi connectivity index (χ2v) is 7.45. The molecule has 0 bridgehead atoms. The van der Waals surface area contributed by atoms with Gasteiger partial charge in [0.25, 0.3) is 11.4 Å². The van der Waals surface area contributed by atoms with Crippen LogP contribution in [0.4, 0.5) is 22.7 Å². The van der Waals surface area contributed by atoms with Gasteiger partial charge in [-0.2, -0.15) is 0 Å². The maximum atomic E-state index is 10.8. The normalized spacial score (nSPS) is 13.6. The number of benzene rings is 3. The van der Waals surface area contributed by atoms with Crippen molar-refractivity contribution in [3.8, 4) is 5.75 Å². The van der Waals surface area contributed by atoms with Crippen molar-refractivity contribution in [1.29, 1.82) is 0 Å². The highest BCUT2D eigenvalue weighted by Crippen LogP contribution is 2.25. The van der Waals surface area contributed by atoms with E-state index in [2.05, 4.69) is 9.80 Å². The summed E-state index contributed by atoms with van der Waals surface area (Å²) in [5, 5.41) is 21.5. The fourth-order valence-electron chi connectivity index (χ4n) is 3.64. The lowest BCUT2D eigenvalue weighted by atomic mass is 10.2. The largest absolute Gasteiger partial charge is 0.489 e. The van der Waals surface area contributed by atoms with E-state index in [4.69, 9.17) is 4.74 Å². The molecule has 0 atom stereocenters. The molecule has 0 saturated carbocycles. The van der Waals surface area contributed by atoms with Gasteiger partial charge < -0.3 is 14.5 Å². The summed E-state index contributed by atoms with van der Waals surface area (Å²) >= 11 is 0. The lowest BCUT2D eigenvalue weighted by molar-refractivity contribution is -0.385. The van der Waals surface area contributed by atoms with Crippen molar-refractivity contribution in [2.24, 2.45) is 0 Å². The molecule has 3 aromatic rings. The number of anilines is 2. The molecule has 0 radical (unpaired) electrons. The Balaban J connectivity index is 1.29. The van der Waals surface area contributed by atoms with Crippen molar-refractivity contribution in [1.82, 2.24) is 0 Å². The van der Waals surface area contributed by atoms with Crippen molar-refractivity contribution in [2.45, 2.75) is 6.61 Å². The number of nitrogens with zero attached hydrogens (tertiary/aromatic N) is 4. The zero-order valence-electron chi connectivity index (χ0n) is 17.3. The van der Waals surface area contributed by atoms with Crippen LogP contribution in [-0.4, -0.2) is 36.0 Å². The summed E-state index contributed by atoms with van der Waals surface area (Å²) in [4.78, 5) is 25.2. The molecule has 0 spiro atoms. The third kappa shape index (κ3) is 4.94. The number of ether oxygens (including phenoxy) is 1. The van der Waals surface area contributed by atoms with Gasteiger partial charge in [0.15, 0.2) is 0 Å². The Morgan fingerprint density at radius 3 is 1.50 bits per heavy atom. The summed E-state index contributed by atoms with van der Waals surface area (Å²) in [6, 6.07) is 20.9. The number of nitro groups is 2. The Morgan fingerprint density at radius 2 is 1.06 bits per heavy atom. The Morgan fingerprint density at radius 1 is 0.656 bits per heavy atom. The molecule has 9 heteroatoms. The first kappa shape index (κ1) is 21.1. The number of hydrogen-bond donors (Lipinski definition) is 0. The molecule has 1 heterocycles. The molecule has 4 rings (SSSR count). The van der Waals surface area contributed by atoms with Gasteiger partial charge in [-0.05, 0) is 54.1 Å². The van der Waals surface area contributed by atoms with Gasteiger partial charge in [-0.15, -0.1) is 0 Å². The van der Waals surface area contributed by atoms with E-state index in [1.165, 1.54) is 24.3 Å². The topological polar surface area (TPSA) is 102 Å². The van der Waals surface area contributed by atoms with Crippen LogP contribution in [0.5, 0.6) is 5.75 Å². The second-order valence-electron chi connectivity index (χ2n) is 7.45. The standard InChI is InChI=1S/C23H22N4O5/c28-26(29)21-3-1-18(2-4-21)17-32-23-11-9-20(10-12-23)25-15-13-24(14-16-25)19-5-7-22(8-6-19)27(30)31/h1-12H,13-17H2. The van der Waals surface area contributed by atoms with Gasteiger partial charge in [-0.25, -0.2) is 0 Å². The Kier molecular flexibility index (Phi) is 6.16. The minimum Gasteiger partial charge on any atom is -0.489 e. The lowest BCUT2D eigenvalue weighted by Gasteiger charge is -2.37. The van der Waals surface area contributed by atoms with Crippen LogP contribution < -0.4 is 14.5 Å². The zero-order chi connectivity index (χ0) is 22.5. The molecule has 0 N–H and O–H groups in total. The van der Waals surface area contributed by atoms with Gasteiger partial charge in [-0.3, -0.25) is 20.2 Å². The van der Waals surface area contributed by atoms with Crippen molar-refractivity contribution in [3.05, 3.63) is 98.6 Å². The van der Waals surface area contributed by atoms with Crippen LogP contribution in [0.1, 0.15) is 5.56 Å². The molecule has 0 aliphatic carbocycles. The van der Waals surface area contributed by atoms with E-state index in [-0.39, 0.29) is 16.3 Å². The van der Waals surface area contributed by atoms with Crippen LogP contribution in [0.25, 0.3) is 0 Å². The first-order valence-corrected chi connectivity index (χ1v) is 10.2.